The number of anilines is 1. The molecule has 0 radical (unpaired) electrons. The van der Waals surface area contributed by atoms with Crippen LogP contribution in [-0.4, -0.2) is 20.4 Å². The van der Waals surface area contributed by atoms with Crippen LogP contribution in [0.1, 0.15) is 5.56 Å². The first kappa shape index (κ1) is 16.3. The molecule has 7 heteroatoms. The summed E-state index contributed by atoms with van der Waals surface area (Å²) >= 11 is 1.36. The zero-order chi connectivity index (χ0) is 18.1. The van der Waals surface area contributed by atoms with Crippen LogP contribution < -0.4 is 11.0 Å². The molecule has 2 N–H and O–H groups in total. The molecule has 0 unspecified atom stereocenters. The molecule has 130 valence electrons. The van der Waals surface area contributed by atoms with Gasteiger partial charge in [0.15, 0.2) is 5.13 Å². The molecule has 0 saturated carbocycles. The molecule has 4 rings (SSSR count). The fourth-order valence-corrected chi connectivity index (χ4v) is 3.61. The summed E-state index contributed by atoms with van der Waals surface area (Å²) in [7, 11) is 0. The average molecular weight is 364 g/mol. The number of thiazole rings is 1. The van der Waals surface area contributed by atoms with E-state index in [1.165, 1.54) is 15.9 Å². The summed E-state index contributed by atoms with van der Waals surface area (Å²) in [4.78, 5) is 31.7. The number of nitrogens with zero attached hydrogens (tertiary/aromatic N) is 2. The van der Waals surface area contributed by atoms with Crippen LogP contribution in [0.5, 0.6) is 0 Å². The van der Waals surface area contributed by atoms with Crippen LogP contribution in [0.25, 0.3) is 22.3 Å². The van der Waals surface area contributed by atoms with Crippen molar-refractivity contribution in [2.75, 3.05) is 5.32 Å². The molecule has 0 atom stereocenters. The van der Waals surface area contributed by atoms with Crippen molar-refractivity contribution in [2.24, 2.45) is 0 Å². The van der Waals surface area contributed by atoms with Crippen LogP contribution in [0, 0.1) is 6.92 Å². The van der Waals surface area contributed by atoms with Crippen molar-refractivity contribution in [1.82, 2.24) is 14.5 Å². The fraction of sp³-hybridized carbons (Fsp3) is 0.105. The summed E-state index contributed by atoms with van der Waals surface area (Å²) in [6.45, 7) is 1.96. The van der Waals surface area contributed by atoms with Crippen molar-refractivity contribution in [1.29, 1.82) is 0 Å². The number of carbonyl (C=O) groups excluding carboxylic acids is 1. The lowest BCUT2D eigenvalue weighted by Crippen LogP contribution is -2.25. The van der Waals surface area contributed by atoms with E-state index in [9.17, 15) is 9.59 Å². The smallest absolute Gasteiger partial charge is 0.306 e. The molecule has 6 nitrogen and oxygen atoms in total. The molecular weight excluding hydrogens is 348 g/mol. The zero-order valence-electron chi connectivity index (χ0n) is 14.0. The number of aryl methyl sites for hydroxylation is 1. The first-order valence-electron chi connectivity index (χ1n) is 8.11. The topological polar surface area (TPSA) is 79.8 Å². The van der Waals surface area contributed by atoms with E-state index in [0.717, 1.165) is 16.8 Å². The van der Waals surface area contributed by atoms with Gasteiger partial charge in [0.05, 0.1) is 16.7 Å². The van der Waals surface area contributed by atoms with Crippen molar-refractivity contribution < 1.29 is 4.79 Å². The molecule has 0 aliphatic heterocycles. The highest BCUT2D eigenvalue weighted by Crippen LogP contribution is 2.27. The second-order valence-corrected chi connectivity index (χ2v) is 6.79. The van der Waals surface area contributed by atoms with Gasteiger partial charge in [0.25, 0.3) is 0 Å². The summed E-state index contributed by atoms with van der Waals surface area (Å²) in [6, 6.07) is 15.2. The maximum atomic E-state index is 12.4. The highest BCUT2D eigenvalue weighted by atomic mass is 32.1. The number of aromatic amines is 1. The van der Waals surface area contributed by atoms with Gasteiger partial charge in [-0.25, -0.2) is 9.78 Å². The summed E-state index contributed by atoms with van der Waals surface area (Å²) in [5, 5.41) is 5.20. The fourth-order valence-electron chi connectivity index (χ4n) is 2.88. The van der Waals surface area contributed by atoms with Crippen LogP contribution in [0.15, 0.2) is 58.7 Å². The molecule has 0 saturated heterocycles. The lowest BCUT2D eigenvalue weighted by molar-refractivity contribution is -0.116. The Morgan fingerprint density at radius 3 is 2.81 bits per heavy atom. The van der Waals surface area contributed by atoms with Crippen LogP contribution in [-0.2, 0) is 11.3 Å². The number of hydrogen-bond acceptors (Lipinski definition) is 4. The van der Waals surface area contributed by atoms with Gasteiger partial charge in [-0.15, -0.1) is 11.3 Å². The second kappa shape index (κ2) is 6.61. The molecule has 0 aliphatic carbocycles. The molecule has 0 spiro atoms. The number of carbonyl (C=O) groups is 1. The third kappa shape index (κ3) is 3.04. The number of nitrogens with one attached hydrogen (secondary N) is 2. The van der Waals surface area contributed by atoms with Gasteiger partial charge in [0, 0.05) is 10.9 Å². The molecule has 2 aromatic carbocycles. The van der Waals surface area contributed by atoms with E-state index in [0.29, 0.717) is 16.2 Å². The van der Waals surface area contributed by atoms with Gasteiger partial charge in [-0.05, 0) is 24.6 Å². The number of fused-ring (bicyclic) bond motifs is 1. The van der Waals surface area contributed by atoms with E-state index in [1.54, 1.807) is 12.1 Å². The largest absolute Gasteiger partial charge is 0.326 e. The van der Waals surface area contributed by atoms with E-state index in [4.69, 9.17) is 0 Å². The van der Waals surface area contributed by atoms with Gasteiger partial charge < -0.3 is 10.3 Å². The number of H-pyrrole nitrogens is 1. The first-order valence-corrected chi connectivity index (χ1v) is 8.99. The van der Waals surface area contributed by atoms with Gasteiger partial charge in [0.1, 0.15) is 6.54 Å². The molecule has 4 aromatic rings. The Labute approximate surface area is 153 Å². The van der Waals surface area contributed by atoms with E-state index < -0.39 is 0 Å². The lowest BCUT2D eigenvalue weighted by atomic mass is 10.1. The Kier molecular flexibility index (Phi) is 4.14. The third-order valence-electron chi connectivity index (χ3n) is 4.15. The van der Waals surface area contributed by atoms with Gasteiger partial charge in [-0.3, -0.25) is 9.36 Å². The van der Waals surface area contributed by atoms with Crippen molar-refractivity contribution in [3.05, 3.63) is 70.0 Å². The third-order valence-corrected chi connectivity index (χ3v) is 4.91. The molecular formula is C19H16N4O2S. The van der Waals surface area contributed by atoms with E-state index >= 15 is 0 Å². The lowest BCUT2D eigenvalue weighted by Gasteiger charge is -2.04. The predicted octanol–water partition coefficient (Wildman–Crippen LogP) is 3.40. The number of para-hydroxylation sites is 2. The van der Waals surface area contributed by atoms with Crippen LogP contribution >= 0.6 is 11.3 Å². The summed E-state index contributed by atoms with van der Waals surface area (Å²) in [6.07, 6.45) is 0. The van der Waals surface area contributed by atoms with Gasteiger partial charge >= 0.3 is 5.69 Å². The van der Waals surface area contributed by atoms with Crippen LogP contribution in [0.4, 0.5) is 5.13 Å². The summed E-state index contributed by atoms with van der Waals surface area (Å²) in [5.74, 6) is -0.289. The minimum Gasteiger partial charge on any atom is -0.306 e. The van der Waals surface area contributed by atoms with Crippen molar-refractivity contribution in [2.45, 2.75) is 13.5 Å². The second-order valence-electron chi connectivity index (χ2n) is 5.93. The number of amides is 1. The average Bonchev–Trinajstić information content (AvgIpc) is 3.20. The molecule has 0 fully saturated rings. The number of hydrogen-bond donors (Lipinski definition) is 2. The molecule has 2 heterocycles. The van der Waals surface area contributed by atoms with Crippen LogP contribution in [0.2, 0.25) is 0 Å². The van der Waals surface area contributed by atoms with Crippen LogP contribution in [0.3, 0.4) is 0 Å². The highest BCUT2D eigenvalue weighted by molar-refractivity contribution is 7.14. The monoisotopic (exact) mass is 364 g/mol. The maximum absolute atomic E-state index is 12.4. The Bertz CT molecular complexity index is 1160. The predicted molar refractivity (Wildman–Crippen MR) is 103 cm³/mol. The Hall–Kier alpha value is -3.19. The van der Waals surface area contributed by atoms with E-state index in [-0.39, 0.29) is 18.1 Å². The molecule has 2 aromatic heterocycles. The molecule has 0 bridgehead atoms. The number of benzene rings is 2. The van der Waals surface area contributed by atoms with Gasteiger partial charge in [-0.1, -0.05) is 36.4 Å². The maximum Gasteiger partial charge on any atom is 0.326 e. The SMILES string of the molecule is Cc1ccccc1-c1csc(NC(=O)Cn2c(=O)[nH]c3ccccc32)n1. The normalized spacial score (nSPS) is 11.0. The Morgan fingerprint density at radius 2 is 1.96 bits per heavy atom. The zero-order valence-corrected chi connectivity index (χ0v) is 14.8. The van der Waals surface area contributed by atoms with Crippen molar-refractivity contribution in [3.63, 3.8) is 0 Å². The standard InChI is InChI=1S/C19H16N4O2S/c1-12-6-2-3-7-13(12)15-11-26-18(20-15)22-17(24)10-23-16-9-5-4-8-14(16)21-19(23)25/h2-9,11H,10H2,1H3,(H,21,25)(H,20,22,24). The Morgan fingerprint density at radius 1 is 1.19 bits per heavy atom. The number of rotatable bonds is 4. The van der Waals surface area contributed by atoms with E-state index in [1.807, 2.05) is 48.7 Å². The molecule has 1 amide bonds. The summed E-state index contributed by atoms with van der Waals surface area (Å²) < 4.78 is 1.42. The van der Waals surface area contributed by atoms with Crippen molar-refractivity contribution >= 4 is 33.4 Å². The minimum atomic E-state index is -0.305. The van der Waals surface area contributed by atoms with Gasteiger partial charge in [-0.2, -0.15) is 0 Å². The number of aromatic nitrogens is 3. The number of imidazole rings is 1. The molecule has 0 aliphatic rings. The summed E-state index contributed by atoms with van der Waals surface area (Å²) in [5.41, 5.74) is 4.10. The quantitative estimate of drug-likeness (QED) is 0.582. The first-order chi connectivity index (χ1) is 12.6. The highest BCUT2D eigenvalue weighted by Gasteiger charge is 2.13. The minimum absolute atomic E-state index is 0.0673. The van der Waals surface area contributed by atoms with Crippen molar-refractivity contribution in [3.8, 4) is 11.3 Å². The Balaban J connectivity index is 1.53. The van der Waals surface area contributed by atoms with E-state index in [2.05, 4.69) is 15.3 Å². The van der Waals surface area contributed by atoms with Gasteiger partial charge in [0.2, 0.25) is 5.91 Å². The molecule has 26 heavy (non-hydrogen) atoms.